The van der Waals surface area contributed by atoms with Crippen LogP contribution in [-0.2, 0) is 16.6 Å². The predicted molar refractivity (Wildman–Crippen MR) is 93.0 cm³/mol. The van der Waals surface area contributed by atoms with Gasteiger partial charge < -0.3 is 5.32 Å². The molecule has 0 aliphatic heterocycles. The van der Waals surface area contributed by atoms with Crippen molar-refractivity contribution in [3.8, 4) is 0 Å². The van der Waals surface area contributed by atoms with Crippen LogP contribution in [0, 0.1) is 3.57 Å². The molecule has 7 heteroatoms. The van der Waals surface area contributed by atoms with Gasteiger partial charge in [-0.3, -0.25) is 4.79 Å². The van der Waals surface area contributed by atoms with E-state index in [1.807, 2.05) is 12.1 Å². The molecule has 0 atom stereocenters. The second-order valence-corrected chi connectivity index (χ2v) is 7.68. The molecule has 0 aromatic heterocycles. The lowest BCUT2D eigenvalue weighted by Crippen LogP contribution is -2.23. The van der Waals surface area contributed by atoms with Crippen LogP contribution >= 0.6 is 22.6 Å². The van der Waals surface area contributed by atoms with Gasteiger partial charge >= 0.3 is 0 Å². The molecule has 0 spiro atoms. The van der Waals surface area contributed by atoms with Gasteiger partial charge in [0.25, 0.3) is 5.91 Å². The molecule has 116 valence electrons. The second kappa shape index (κ2) is 7.21. The predicted octanol–water partition coefficient (Wildman–Crippen LogP) is 2.13. The average molecular weight is 430 g/mol. The molecule has 0 saturated carbocycles. The normalized spacial score (nSPS) is 11.2. The van der Waals surface area contributed by atoms with E-state index in [1.54, 1.807) is 24.3 Å². The Morgan fingerprint density at radius 3 is 2.41 bits per heavy atom. The number of carbonyl (C=O) groups excluding carboxylic acids is 1. The molecule has 0 aliphatic rings. The smallest absolute Gasteiger partial charge is 0.251 e. The van der Waals surface area contributed by atoms with Crippen LogP contribution in [0.25, 0.3) is 0 Å². The molecule has 0 bridgehead atoms. The van der Waals surface area contributed by atoms with Gasteiger partial charge in [-0.05, 0) is 65.5 Å². The maximum atomic E-state index is 12.0. The minimum absolute atomic E-state index is 0.162. The van der Waals surface area contributed by atoms with Crippen molar-refractivity contribution in [2.45, 2.75) is 11.4 Å². The summed E-state index contributed by atoms with van der Waals surface area (Å²) in [6, 6.07) is 13.7. The summed E-state index contributed by atoms with van der Waals surface area (Å²) >= 11 is 2.15. The third kappa shape index (κ3) is 4.28. The summed E-state index contributed by atoms with van der Waals surface area (Å²) in [6.45, 7) is 0.337. The fourth-order valence-corrected chi connectivity index (χ4v) is 3.09. The molecule has 2 aromatic rings. The largest absolute Gasteiger partial charge is 0.348 e. The van der Waals surface area contributed by atoms with E-state index in [2.05, 4.69) is 32.6 Å². The molecule has 2 N–H and O–H groups in total. The van der Waals surface area contributed by atoms with Crippen molar-refractivity contribution in [2.24, 2.45) is 0 Å². The Morgan fingerprint density at radius 1 is 1.14 bits per heavy atom. The van der Waals surface area contributed by atoms with Gasteiger partial charge in [0.15, 0.2) is 0 Å². The first kappa shape index (κ1) is 16.9. The van der Waals surface area contributed by atoms with Crippen LogP contribution in [0.1, 0.15) is 15.9 Å². The number of carbonyl (C=O) groups is 1. The Bertz CT molecular complexity index is 774. The zero-order chi connectivity index (χ0) is 16.2. The Labute approximate surface area is 143 Å². The van der Waals surface area contributed by atoms with E-state index in [0.29, 0.717) is 12.1 Å². The van der Waals surface area contributed by atoms with Gasteiger partial charge in [-0.1, -0.05) is 18.2 Å². The van der Waals surface area contributed by atoms with E-state index in [-0.39, 0.29) is 10.8 Å². The van der Waals surface area contributed by atoms with Crippen molar-refractivity contribution in [3.63, 3.8) is 0 Å². The number of hydrogen-bond acceptors (Lipinski definition) is 3. The van der Waals surface area contributed by atoms with Gasteiger partial charge in [0.05, 0.1) is 4.90 Å². The highest BCUT2D eigenvalue weighted by Crippen LogP contribution is 2.11. The number of halogens is 1. The van der Waals surface area contributed by atoms with Gasteiger partial charge in [-0.15, -0.1) is 0 Å². The Balaban J connectivity index is 2.02. The summed E-state index contributed by atoms with van der Waals surface area (Å²) in [7, 11) is -2.07. The lowest BCUT2D eigenvalue weighted by molar-refractivity contribution is 0.0951. The van der Waals surface area contributed by atoms with Crippen LogP contribution in [0.15, 0.2) is 53.4 Å². The van der Waals surface area contributed by atoms with Gasteiger partial charge in [0.1, 0.15) is 0 Å². The molecule has 0 fully saturated rings. The molecule has 5 nitrogen and oxygen atoms in total. The number of benzene rings is 2. The zero-order valence-corrected chi connectivity index (χ0v) is 14.8. The molecule has 0 aliphatic carbocycles. The van der Waals surface area contributed by atoms with E-state index >= 15 is 0 Å². The Kier molecular flexibility index (Phi) is 5.54. The van der Waals surface area contributed by atoms with E-state index in [4.69, 9.17) is 0 Å². The SMILES string of the molecule is CNS(=O)(=O)c1ccc(CNC(=O)c2cccc(I)c2)cc1. The lowest BCUT2D eigenvalue weighted by Gasteiger charge is -2.07. The highest BCUT2D eigenvalue weighted by molar-refractivity contribution is 14.1. The van der Waals surface area contributed by atoms with Crippen LogP contribution in [0.2, 0.25) is 0 Å². The van der Waals surface area contributed by atoms with Crippen LogP contribution in [0.4, 0.5) is 0 Å². The maximum Gasteiger partial charge on any atom is 0.251 e. The van der Waals surface area contributed by atoms with Crippen molar-refractivity contribution >= 4 is 38.5 Å². The first-order valence-corrected chi connectivity index (χ1v) is 9.05. The molecule has 0 unspecified atom stereocenters. The highest BCUT2D eigenvalue weighted by atomic mass is 127. The van der Waals surface area contributed by atoms with Crippen molar-refractivity contribution in [3.05, 3.63) is 63.2 Å². The third-order valence-electron chi connectivity index (χ3n) is 3.04. The summed E-state index contributed by atoms with van der Waals surface area (Å²) in [6.07, 6.45) is 0. The second-order valence-electron chi connectivity index (χ2n) is 4.54. The number of nitrogens with one attached hydrogen (secondary N) is 2. The van der Waals surface area contributed by atoms with Crippen molar-refractivity contribution < 1.29 is 13.2 Å². The molecule has 0 radical (unpaired) electrons. The molecule has 0 saturated heterocycles. The van der Waals surface area contributed by atoms with E-state index in [0.717, 1.165) is 9.13 Å². The van der Waals surface area contributed by atoms with E-state index in [9.17, 15) is 13.2 Å². The summed E-state index contributed by atoms with van der Waals surface area (Å²) in [5.74, 6) is -0.162. The van der Waals surface area contributed by atoms with Crippen LogP contribution in [0.3, 0.4) is 0 Å². The third-order valence-corrected chi connectivity index (χ3v) is 5.14. The summed E-state index contributed by atoms with van der Waals surface area (Å²) in [5, 5.41) is 2.81. The molecule has 2 rings (SSSR count). The molecule has 1 amide bonds. The quantitative estimate of drug-likeness (QED) is 0.714. The minimum atomic E-state index is -3.43. The highest BCUT2D eigenvalue weighted by Gasteiger charge is 2.11. The van der Waals surface area contributed by atoms with Crippen LogP contribution in [0.5, 0.6) is 0 Å². The molecular weight excluding hydrogens is 415 g/mol. The van der Waals surface area contributed by atoms with E-state index < -0.39 is 10.0 Å². The summed E-state index contributed by atoms with van der Waals surface area (Å²) < 4.78 is 26.5. The number of amides is 1. The number of hydrogen-bond donors (Lipinski definition) is 2. The standard InChI is InChI=1S/C15H15IN2O3S/c1-17-22(20,21)14-7-5-11(6-8-14)10-18-15(19)12-3-2-4-13(16)9-12/h2-9,17H,10H2,1H3,(H,18,19). The molecular formula is C15H15IN2O3S. The summed E-state index contributed by atoms with van der Waals surface area (Å²) in [4.78, 5) is 12.2. The number of rotatable bonds is 5. The topological polar surface area (TPSA) is 75.3 Å². The maximum absolute atomic E-state index is 12.0. The lowest BCUT2D eigenvalue weighted by atomic mass is 10.2. The minimum Gasteiger partial charge on any atom is -0.348 e. The van der Waals surface area contributed by atoms with Crippen molar-refractivity contribution in [1.29, 1.82) is 0 Å². The first-order chi connectivity index (χ1) is 10.4. The zero-order valence-electron chi connectivity index (χ0n) is 11.8. The Hall–Kier alpha value is -1.45. The van der Waals surface area contributed by atoms with Gasteiger partial charge in [0.2, 0.25) is 10.0 Å². The van der Waals surface area contributed by atoms with Crippen molar-refractivity contribution in [1.82, 2.24) is 10.0 Å². The Morgan fingerprint density at radius 2 is 1.82 bits per heavy atom. The fourth-order valence-electron chi connectivity index (χ4n) is 1.82. The van der Waals surface area contributed by atoms with Gasteiger partial charge in [-0.2, -0.15) is 0 Å². The van der Waals surface area contributed by atoms with Crippen LogP contribution < -0.4 is 10.0 Å². The van der Waals surface area contributed by atoms with Crippen molar-refractivity contribution in [2.75, 3.05) is 7.05 Å². The monoisotopic (exact) mass is 430 g/mol. The van der Waals surface area contributed by atoms with Crippen LogP contribution in [-0.4, -0.2) is 21.4 Å². The molecule has 2 aromatic carbocycles. The van der Waals surface area contributed by atoms with E-state index in [1.165, 1.54) is 19.2 Å². The molecule has 0 heterocycles. The molecule has 22 heavy (non-hydrogen) atoms. The number of sulfonamides is 1. The average Bonchev–Trinajstić information content (AvgIpc) is 2.53. The van der Waals surface area contributed by atoms with Gasteiger partial charge in [-0.25, -0.2) is 13.1 Å². The first-order valence-electron chi connectivity index (χ1n) is 6.48. The van der Waals surface area contributed by atoms with Gasteiger partial charge in [0, 0.05) is 15.7 Å². The fraction of sp³-hybridized carbons (Fsp3) is 0.133. The summed E-state index contributed by atoms with van der Waals surface area (Å²) in [5.41, 5.74) is 1.43.